The molecule has 0 amide bonds. The largest absolute Gasteiger partial charge is 0.748 e. The van der Waals surface area contributed by atoms with Gasteiger partial charge in [-0.25, -0.2) is 12.1 Å². The maximum atomic E-state index is 11.2. The van der Waals surface area contributed by atoms with Crippen molar-refractivity contribution in [2.75, 3.05) is 0 Å². The first kappa shape index (κ1) is 25.2. The van der Waals surface area contributed by atoms with Crippen LogP contribution >= 0.6 is 12.6 Å². The van der Waals surface area contributed by atoms with Crippen LogP contribution in [-0.2, 0) is 21.9 Å². The maximum Gasteiger partial charge on any atom is 0.185 e. The molecule has 26 heavy (non-hydrogen) atoms. The Morgan fingerprint density at radius 1 is 0.885 bits per heavy atom. The third-order valence-corrected chi connectivity index (χ3v) is 4.73. The van der Waals surface area contributed by atoms with E-state index in [0.717, 1.165) is 6.42 Å². The molecule has 1 unspecified atom stereocenters. The second kappa shape index (κ2) is 17.6. The smallest absolute Gasteiger partial charge is 0.185 e. The third kappa shape index (κ3) is 13.4. The summed E-state index contributed by atoms with van der Waals surface area (Å²) in [6.07, 6.45) is 12.4. The van der Waals surface area contributed by atoms with Gasteiger partial charge >= 0.3 is 0 Å². The quantitative estimate of drug-likeness (QED) is 0.167. The van der Waals surface area contributed by atoms with E-state index in [9.17, 15) is 4.79 Å². The Hall–Kier alpha value is -0.761. The van der Waals surface area contributed by atoms with Crippen LogP contribution in [0, 0.1) is 0 Å². The van der Waals surface area contributed by atoms with Gasteiger partial charge in [0.2, 0.25) is 0 Å². The Labute approximate surface area is 176 Å². The fourth-order valence-corrected chi connectivity index (χ4v) is 3.32. The van der Waals surface area contributed by atoms with Crippen LogP contribution in [0.4, 0.5) is 0 Å². The number of thiol groups is 1. The van der Waals surface area contributed by atoms with Crippen molar-refractivity contribution < 1.29 is 21.9 Å². The Bertz CT molecular complexity index is 487. The second-order valence-electron chi connectivity index (χ2n) is 6.74. The Morgan fingerprint density at radius 3 is 1.81 bits per heavy atom. The van der Waals surface area contributed by atoms with Gasteiger partial charge in [-0.1, -0.05) is 70.6 Å². The van der Waals surface area contributed by atoms with Crippen LogP contribution < -0.4 is 0 Å². The number of carbonyl (C=O) groups excluding carboxylic acids is 1. The SMILES string of the molecule is CCCCCCCCCCC(CC(=O)S)[c-]1cccc1.[Fe].[cH-]1[cH-][cH-][cH-][cH-]1. The van der Waals surface area contributed by atoms with Gasteiger partial charge in [-0.15, -0.1) is 12.6 Å². The number of hydrogen-bond acceptors (Lipinski definition) is 1. The predicted molar refractivity (Wildman–Crippen MR) is 113 cm³/mol. The molecule has 1 atom stereocenters. The van der Waals surface area contributed by atoms with Gasteiger partial charge in [-0.2, -0.15) is 17.7 Å². The van der Waals surface area contributed by atoms with Gasteiger partial charge < -0.3 is 30.3 Å². The summed E-state index contributed by atoms with van der Waals surface area (Å²) in [5.74, 6) is 0.370. The van der Waals surface area contributed by atoms with Crippen LogP contribution in [0.5, 0.6) is 0 Å². The van der Waals surface area contributed by atoms with Crippen molar-refractivity contribution in [2.45, 2.75) is 77.0 Å². The van der Waals surface area contributed by atoms with Crippen molar-refractivity contribution in [2.24, 2.45) is 0 Å². The summed E-state index contributed by atoms with van der Waals surface area (Å²) in [6, 6.07) is 18.4. The van der Waals surface area contributed by atoms with E-state index < -0.39 is 0 Å². The van der Waals surface area contributed by atoms with Crippen molar-refractivity contribution in [1.82, 2.24) is 0 Å². The molecule has 3 heteroatoms. The van der Waals surface area contributed by atoms with E-state index in [1.807, 2.05) is 30.3 Å². The van der Waals surface area contributed by atoms with Crippen molar-refractivity contribution in [3.8, 4) is 0 Å². The minimum Gasteiger partial charge on any atom is -0.748 e. The minimum absolute atomic E-state index is 0. The van der Waals surface area contributed by atoms with E-state index in [0.29, 0.717) is 12.3 Å². The molecule has 0 aliphatic heterocycles. The molecule has 0 aliphatic carbocycles. The molecule has 2 rings (SSSR count). The maximum absolute atomic E-state index is 11.2. The fraction of sp³-hybridized carbons (Fsp3) is 0.522. The van der Waals surface area contributed by atoms with Crippen molar-refractivity contribution in [3.05, 3.63) is 60.2 Å². The van der Waals surface area contributed by atoms with Gasteiger partial charge in [-0.3, -0.25) is 4.79 Å². The zero-order valence-corrected chi connectivity index (χ0v) is 18.1. The molecule has 152 valence electrons. The van der Waals surface area contributed by atoms with Gasteiger partial charge in [0, 0.05) is 23.5 Å². The van der Waals surface area contributed by atoms with E-state index >= 15 is 0 Å². The molecule has 0 N–H and O–H groups in total. The average molecular weight is 414 g/mol. The van der Waals surface area contributed by atoms with Crippen LogP contribution in [0.25, 0.3) is 0 Å². The molecule has 0 bridgehead atoms. The summed E-state index contributed by atoms with van der Waals surface area (Å²) in [5, 5.41) is 0.00997. The summed E-state index contributed by atoms with van der Waals surface area (Å²) >= 11 is 3.94. The first-order chi connectivity index (χ1) is 12.2. The Morgan fingerprint density at radius 2 is 1.35 bits per heavy atom. The van der Waals surface area contributed by atoms with Gasteiger partial charge in [-0.05, 0) is 0 Å². The molecule has 0 aliphatic rings. The molecule has 0 fully saturated rings. The fourth-order valence-electron chi connectivity index (χ4n) is 3.10. The summed E-state index contributed by atoms with van der Waals surface area (Å²) in [4.78, 5) is 11.2. The third-order valence-electron chi connectivity index (χ3n) is 4.54. The monoisotopic (exact) mass is 414 g/mol. The van der Waals surface area contributed by atoms with E-state index in [1.54, 1.807) is 0 Å². The predicted octanol–water partition coefficient (Wildman–Crippen LogP) is 7.27. The van der Waals surface area contributed by atoms with E-state index in [1.165, 1.54) is 56.9 Å². The molecule has 2 aromatic carbocycles. The zero-order chi connectivity index (χ0) is 18.2. The standard InChI is InChI=1S/C18H29OS.C5H5.Fe/c1-2-3-4-5-6-7-8-9-14-17(15-18(19)20)16-12-10-11-13-16;1-2-4-5-3-1;/h10-13,17H,2-9,14-15H2,1H3,(H,19,20);1-5H;/q-1;-5;. The summed E-state index contributed by atoms with van der Waals surface area (Å²) < 4.78 is 0. The molecule has 1 nitrogen and oxygen atoms in total. The number of rotatable bonds is 12. The van der Waals surface area contributed by atoms with Crippen molar-refractivity contribution >= 4 is 17.7 Å². The molecular weight excluding hydrogens is 380 g/mol. The number of hydrogen-bond donors (Lipinski definition) is 1. The van der Waals surface area contributed by atoms with E-state index in [4.69, 9.17) is 0 Å². The van der Waals surface area contributed by atoms with E-state index in [2.05, 4.69) is 43.8 Å². The number of carbonyl (C=O) groups is 1. The Kier molecular flexibility index (Phi) is 17.1. The molecule has 0 heterocycles. The summed E-state index contributed by atoms with van der Waals surface area (Å²) in [5.41, 5.74) is 1.30. The molecular formula is C23H34FeOS-6. The Balaban J connectivity index is 0.000000893. The van der Waals surface area contributed by atoms with Crippen molar-refractivity contribution in [1.29, 1.82) is 0 Å². The molecule has 0 spiro atoms. The van der Waals surface area contributed by atoms with E-state index in [-0.39, 0.29) is 22.2 Å². The minimum atomic E-state index is 0. The van der Waals surface area contributed by atoms with Crippen LogP contribution in [0.3, 0.4) is 0 Å². The first-order valence-electron chi connectivity index (χ1n) is 9.84. The van der Waals surface area contributed by atoms with Crippen LogP contribution in [0.15, 0.2) is 54.6 Å². The number of unbranched alkanes of at least 4 members (excludes halogenated alkanes) is 7. The van der Waals surface area contributed by atoms with Crippen molar-refractivity contribution in [3.63, 3.8) is 0 Å². The normalized spacial score (nSPS) is 11.2. The van der Waals surface area contributed by atoms with Crippen LogP contribution in [0.2, 0.25) is 0 Å². The molecule has 2 aromatic rings. The average Bonchev–Trinajstić information content (AvgIpc) is 3.32. The van der Waals surface area contributed by atoms with Gasteiger partial charge in [0.05, 0.1) is 0 Å². The molecule has 0 saturated heterocycles. The summed E-state index contributed by atoms with van der Waals surface area (Å²) in [7, 11) is 0. The van der Waals surface area contributed by atoms with Crippen LogP contribution in [-0.4, -0.2) is 5.12 Å². The second-order valence-corrected chi connectivity index (χ2v) is 7.24. The van der Waals surface area contributed by atoms with Gasteiger partial charge in [0.1, 0.15) is 0 Å². The van der Waals surface area contributed by atoms with Crippen LogP contribution in [0.1, 0.15) is 82.6 Å². The first-order valence-corrected chi connectivity index (χ1v) is 10.3. The molecule has 0 radical (unpaired) electrons. The molecule has 0 aromatic heterocycles. The molecule has 0 saturated carbocycles. The van der Waals surface area contributed by atoms with Gasteiger partial charge in [0.15, 0.2) is 5.12 Å². The zero-order valence-electron chi connectivity index (χ0n) is 16.1. The topological polar surface area (TPSA) is 17.1 Å². The summed E-state index contributed by atoms with van der Waals surface area (Å²) in [6.45, 7) is 2.26. The van der Waals surface area contributed by atoms with Gasteiger partial charge in [0.25, 0.3) is 0 Å².